The standard InChI is InChI=1S/C16H19BrClN3/c17-11-4-5-12-15(9-11)21(16(10-18)19-12)14-6-8-20-7-2-1-3-13(14)20/h4-5,9,13-14H,1-3,6-8,10H2. The van der Waals surface area contributed by atoms with Crippen molar-refractivity contribution < 1.29 is 0 Å². The molecule has 2 aliphatic rings. The van der Waals surface area contributed by atoms with Crippen molar-refractivity contribution in [3.05, 3.63) is 28.5 Å². The van der Waals surface area contributed by atoms with Gasteiger partial charge in [0, 0.05) is 17.1 Å². The first-order valence-electron chi connectivity index (χ1n) is 7.74. The first-order valence-corrected chi connectivity index (χ1v) is 9.07. The van der Waals surface area contributed by atoms with E-state index in [0.717, 1.165) is 15.8 Å². The van der Waals surface area contributed by atoms with Gasteiger partial charge in [-0.15, -0.1) is 11.6 Å². The highest BCUT2D eigenvalue weighted by molar-refractivity contribution is 9.10. The third-order valence-corrected chi connectivity index (χ3v) is 5.73. The summed E-state index contributed by atoms with van der Waals surface area (Å²) in [6, 6.07) is 7.51. The molecule has 2 saturated heterocycles. The second-order valence-corrected chi connectivity index (χ2v) is 7.30. The Morgan fingerprint density at radius 1 is 1.19 bits per heavy atom. The Balaban J connectivity index is 1.83. The van der Waals surface area contributed by atoms with Gasteiger partial charge in [0.05, 0.1) is 23.0 Å². The van der Waals surface area contributed by atoms with Crippen LogP contribution in [0.25, 0.3) is 11.0 Å². The molecule has 1 aromatic heterocycles. The monoisotopic (exact) mass is 367 g/mol. The number of rotatable bonds is 2. The van der Waals surface area contributed by atoms with Gasteiger partial charge in [-0.2, -0.15) is 0 Å². The van der Waals surface area contributed by atoms with E-state index in [0.29, 0.717) is 18.0 Å². The molecule has 112 valence electrons. The van der Waals surface area contributed by atoms with E-state index < -0.39 is 0 Å². The number of alkyl halides is 1. The summed E-state index contributed by atoms with van der Waals surface area (Å²) < 4.78 is 3.53. The van der Waals surface area contributed by atoms with E-state index >= 15 is 0 Å². The highest BCUT2D eigenvalue weighted by atomic mass is 79.9. The summed E-state index contributed by atoms with van der Waals surface area (Å²) in [5.41, 5.74) is 2.28. The van der Waals surface area contributed by atoms with Crippen LogP contribution in [0.1, 0.15) is 37.5 Å². The Morgan fingerprint density at radius 2 is 2.10 bits per heavy atom. The van der Waals surface area contributed by atoms with Crippen LogP contribution in [0.2, 0.25) is 0 Å². The van der Waals surface area contributed by atoms with Crippen molar-refractivity contribution in [3.63, 3.8) is 0 Å². The molecule has 3 heterocycles. The summed E-state index contributed by atoms with van der Waals surface area (Å²) in [5.74, 6) is 1.50. The fraction of sp³-hybridized carbons (Fsp3) is 0.562. The molecule has 4 rings (SSSR count). The zero-order chi connectivity index (χ0) is 14.4. The molecule has 0 aliphatic carbocycles. The number of halogens is 2. The van der Waals surface area contributed by atoms with Crippen LogP contribution in [0.5, 0.6) is 0 Å². The number of benzene rings is 1. The lowest BCUT2D eigenvalue weighted by molar-refractivity contribution is 0.174. The Bertz CT molecular complexity index is 669. The van der Waals surface area contributed by atoms with Crippen LogP contribution in [0.4, 0.5) is 0 Å². The normalized spacial score (nSPS) is 26.4. The van der Waals surface area contributed by atoms with Crippen LogP contribution in [0, 0.1) is 0 Å². The van der Waals surface area contributed by atoms with E-state index in [-0.39, 0.29) is 0 Å². The maximum atomic E-state index is 6.19. The lowest BCUT2D eigenvalue weighted by Gasteiger charge is -2.33. The Kier molecular flexibility index (Phi) is 3.72. The smallest absolute Gasteiger partial charge is 0.125 e. The molecular formula is C16H19BrClN3. The van der Waals surface area contributed by atoms with E-state index in [4.69, 9.17) is 16.6 Å². The minimum Gasteiger partial charge on any atom is -0.322 e. The van der Waals surface area contributed by atoms with Gasteiger partial charge in [0.15, 0.2) is 0 Å². The van der Waals surface area contributed by atoms with E-state index in [1.165, 1.54) is 44.3 Å². The highest BCUT2D eigenvalue weighted by Crippen LogP contribution is 2.38. The summed E-state index contributed by atoms with van der Waals surface area (Å²) in [5, 5.41) is 0. The first kappa shape index (κ1) is 14.0. The van der Waals surface area contributed by atoms with Gasteiger partial charge in [-0.3, -0.25) is 4.90 Å². The van der Waals surface area contributed by atoms with Gasteiger partial charge in [0.25, 0.3) is 0 Å². The van der Waals surface area contributed by atoms with Crippen molar-refractivity contribution in [1.82, 2.24) is 14.5 Å². The Morgan fingerprint density at radius 3 is 2.95 bits per heavy atom. The van der Waals surface area contributed by atoms with Crippen LogP contribution in [0.3, 0.4) is 0 Å². The van der Waals surface area contributed by atoms with Gasteiger partial charge in [-0.25, -0.2) is 4.98 Å². The zero-order valence-electron chi connectivity index (χ0n) is 11.9. The van der Waals surface area contributed by atoms with Gasteiger partial charge in [-0.05, 0) is 44.0 Å². The molecule has 1 aromatic carbocycles. The molecule has 0 bridgehead atoms. The SMILES string of the molecule is ClCc1nc2ccc(Br)cc2n1C1CCN2CCCCC12. The largest absolute Gasteiger partial charge is 0.322 e. The predicted molar refractivity (Wildman–Crippen MR) is 89.9 cm³/mol. The average Bonchev–Trinajstić information content (AvgIpc) is 3.07. The van der Waals surface area contributed by atoms with E-state index in [2.05, 4.69) is 43.6 Å². The van der Waals surface area contributed by atoms with Crippen LogP contribution >= 0.6 is 27.5 Å². The average molecular weight is 369 g/mol. The maximum absolute atomic E-state index is 6.19. The maximum Gasteiger partial charge on any atom is 0.125 e. The van der Waals surface area contributed by atoms with Crippen molar-refractivity contribution in [2.45, 2.75) is 43.6 Å². The molecule has 2 aromatic rings. The summed E-state index contributed by atoms with van der Waals surface area (Å²) >= 11 is 9.78. The molecular weight excluding hydrogens is 350 g/mol. The van der Waals surface area contributed by atoms with Gasteiger partial charge < -0.3 is 4.57 Å². The van der Waals surface area contributed by atoms with Crippen LogP contribution in [-0.2, 0) is 5.88 Å². The molecule has 0 amide bonds. The number of aromatic nitrogens is 2. The lowest BCUT2D eigenvalue weighted by Crippen LogP contribution is -2.38. The van der Waals surface area contributed by atoms with Gasteiger partial charge in [0.2, 0.25) is 0 Å². The summed E-state index contributed by atoms with van der Waals surface area (Å²) in [7, 11) is 0. The molecule has 2 aliphatic heterocycles. The second kappa shape index (κ2) is 5.56. The van der Waals surface area contributed by atoms with E-state index in [1.807, 2.05) is 0 Å². The third-order valence-electron chi connectivity index (χ3n) is 5.00. The molecule has 2 unspecified atom stereocenters. The van der Waals surface area contributed by atoms with Crippen LogP contribution in [0.15, 0.2) is 22.7 Å². The number of nitrogens with zero attached hydrogens (tertiary/aromatic N) is 3. The lowest BCUT2D eigenvalue weighted by atomic mass is 9.98. The fourth-order valence-corrected chi connectivity index (χ4v) is 4.64. The van der Waals surface area contributed by atoms with Crippen molar-refractivity contribution in [1.29, 1.82) is 0 Å². The summed E-state index contributed by atoms with van der Waals surface area (Å²) in [4.78, 5) is 7.41. The molecule has 5 heteroatoms. The van der Waals surface area contributed by atoms with Crippen molar-refractivity contribution in [2.24, 2.45) is 0 Å². The molecule has 0 spiro atoms. The number of fused-ring (bicyclic) bond motifs is 2. The minimum absolute atomic E-state index is 0.482. The third kappa shape index (κ3) is 2.32. The minimum atomic E-state index is 0.482. The topological polar surface area (TPSA) is 21.1 Å². The van der Waals surface area contributed by atoms with Crippen LogP contribution in [-0.4, -0.2) is 33.6 Å². The number of hydrogen-bond acceptors (Lipinski definition) is 2. The van der Waals surface area contributed by atoms with E-state index in [9.17, 15) is 0 Å². The molecule has 0 radical (unpaired) electrons. The van der Waals surface area contributed by atoms with Crippen molar-refractivity contribution in [2.75, 3.05) is 13.1 Å². The highest BCUT2D eigenvalue weighted by Gasteiger charge is 2.37. The molecule has 0 N–H and O–H groups in total. The van der Waals surface area contributed by atoms with Crippen molar-refractivity contribution in [3.8, 4) is 0 Å². The molecule has 2 atom stereocenters. The number of imidazole rings is 1. The molecule has 21 heavy (non-hydrogen) atoms. The van der Waals surface area contributed by atoms with Gasteiger partial charge >= 0.3 is 0 Å². The summed E-state index contributed by atoms with van der Waals surface area (Å²) in [6.07, 6.45) is 5.22. The zero-order valence-corrected chi connectivity index (χ0v) is 14.3. The van der Waals surface area contributed by atoms with Gasteiger partial charge in [0.1, 0.15) is 5.82 Å². The molecule has 2 fully saturated rings. The number of piperidine rings is 1. The molecule has 3 nitrogen and oxygen atoms in total. The van der Waals surface area contributed by atoms with E-state index in [1.54, 1.807) is 0 Å². The van der Waals surface area contributed by atoms with Gasteiger partial charge in [-0.1, -0.05) is 22.4 Å². The second-order valence-electron chi connectivity index (χ2n) is 6.12. The number of hydrogen-bond donors (Lipinski definition) is 0. The fourth-order valence-electron chi connectivity index (χ4n) is 4.10. The van der Waals surface area contributed by atoms with Crippen molar-refractivity contribution >= 4 is 38.6 Å². The molecule has 0 saturated carbocycles. The predicted octanol–water partition coefficient (Wildman–Crippen LogP) is 4.34. The Labute approximate surface area is 138 Å². The first-order chi connectivity index (χ1) is 10.3. The quantitative estimate of drug-likeness (QED) is 0.735. The Hall–Kier alpha value is -0.580. The summed E-state index contributed by atoms with van der Waals surface area (Å²) in [6.45, 7) is 2.47. The van der Waals surface area contributed by atoms with Crippen LogP contribution < -0.4 is 0 Å².